The van der Waals surface area contributed by atoms with Crippen molar-refractivity contribution < 1.29 is 9.18 Å². The second-order valence-corrected chi connectivity index (χ2v) is 7.44. The number of H-pyrrole nitrogens is 1. The first kappa shape index (κ1) is 18.8. The van der Waals surface area contributed by atoms with Crippen LogP contribution in [0.15, 0.2) is 36.7 Å². The number of carbonyl (C=O) groups excluding carboxylic acids is 1. The summed E-state index contributed by atoms with van der Waals surface area (Å²) in [6.07, 6.45) is 4.94. The first-order chi connectivity index (χ1) is 13.6. The fourth-order valence-corrected chi connectivity index (χ4v) is 3.78. The highest BCUT2D eigenvalue weighted by atomic mass is 35.5. The molecule has 8 heteroatoms. The first-order valence-electron chi connectivity index (χ1n) is 9.32. The standard InChI is InChI=1S/C20H21ClFN5O/c21-15-9-14(11-23-12-15)13-1-2-18-17(10-13)19(26-25-18)20(28)24-16-3-6-27(7-4-16)8-5-22/h1-2,9-12,16H,3-8H2,(H,24,28)(H,25,26). The van der Waals surface area contributed by atoms with Crippen LogP contribution in [-0.4, -0.2) is 58.3 Å². The maximum atomic E-state index is 12.8. The van der Waals surface area contributed by atoms with Crippen molar-refractivity contribution in [2.75, 3.05) is 26.3 Å². The maximum Gasteiger partial charge on any atom is 0.272 e. The van der Waals surface area contributed by atoms with Gasteiger partial charge in [-0.2, -0.15) is 5.10 Å². The van der Waals surface area contributed by atoms with Gasteiger partial charge in [0.15, 0.2) is 5.69 Å². The van der Waals surface area contributed by atoms with Crippen LogP contribution in [0.2, 0.25) is 5.02 Å². The highest BCUT2D eigenvalue weighted by Gasteiger charge is 2.23. The zero-order chi connectivity index (χ0) is 19.5. The van der Waals surface area contributed by atoms with E-state index in [0.717, 1.165) is 48.0 Å². The van der Waals surface area contributed by atoms with Crippen molar-refractivity contribution >= 4 is 28.4 Å². The molecule has 2 N–H and O–H groups in total. The minimum atomic E-state index is -0.333. The molecule has 28 heavy (non-hydrogen) atoms. The molecular weight excluding hydrogens is 381 g/mol. The van der Waals surface area contributed by atoms with Crippen LogP contribution in [-0.2, 0) is 0 Å². The van der Waals surface area contributed by atoms with Crippen molar-refractivity contribution in [3.8, 4) is 11.1 Å². The highest BCUT2D eigenvalue weighted by Crippen LogP contribution is 2.26. The third kappa shape index (κ3) is 4.00. The molecule has 6 nitrogen and oxygen atoms in total. The number of aromatic nitrogens is 3. The van der Waals surface area contributed by atoms with E-state index in [0.29, 0.717) is 17.3 Å². The average Bonchev–Trinajstić information content (AvgIpc) is 3.13. The Balaban J connectivity index is 1.52. The molecule has 1 aliphatic heterocycles. The number of amides is 1. The third-order valence-corrected chi connectivity index (χ3v) is 5.35. The van der Waals surface area contributed by atoms with Gasteiger partial charge in [-0.25, -0.2) is 4.39 Å². The van der Waals surface area contributed by atoms with Gasteiger partial charge in [0.05, 0.1) is 10.5 Å². The van der Waals surface area contributed by atoms with E-state index in [1.165, 1.54) is 0 Å². The number of alkyl halides is 1. The second-order valence-electron chi connectivity index (χ2n) is 7.00. The lowest BCUT2D eigenvalue weighted by Gasteiger charge is -2.31. The molecule has 0 saturated carbocycles. The lowest BCUT2D eigenvalue weighted by Crippen LogP contribution is -2.45. The zero-order valence-corrected chi connectivity index (χ0v) is 16.0. The van der Waals surface area contributed by atoms with Crippen molar-refractivity contribution in [2.45, 2.75) is 18.9 Å². The number of nitrogens with one attached hydrogen (secondary N) is 2. The molecule has 1 aliphatic rings. The molecule has 4 rings (SSSR count). The van der Waals surface area contributed by atoms with E-state index >= 15 is 0 Å². The topological polar surface area (TPSA) is 73.9 Å². The molecule has 0 radical (unpaired) electrons. The average molecular weight is 402 g/mol. The summed E-state index contributed by atoms with van der Waals surface area (Å²) in [5.74, 6) is -0.198. The number of likely N-dealkylation sites (tertiary alicyclic amines) is 1. The minimum absolute atomic E-state index is 0.0791. The van der Waals surface area contributed by atoms with Gasteiger partial charge in [-0.15, -0.1) is 0 Å². The smallest absolute Gasteiger partial charge is 0.272 e. The second kappa shape index (κ2) is 8.24. The van der Waals surface area contributed by atoms with Crippen LogP contribution < -0.4 is 5.32 Å². The van der Waals surface area contributed by atoms with E-state index in [1.54, 1.807) is 12.4 Å². The van der Waals surface area contributed by atoms with Crippen LogP contribution in [0.5, 0.6) is 0 Å². The molecule has 2 aromatic heterocycles. The Kier molecular flexibility index (Phi) is 5.54. The molecule has 3 heterocycles. The fourth-order valence-electron chi connectivity index (χ4n) is 3.61. The summed E-state index contributed by atoms with van der Waals surface area (Å²) in [5.41, 5.74) is 2.96. The van der Waals surface area contributed by atoms with Crippen LogP contribution in [0.4, 0.5) is 4.39 Å². The zero-order valence-electron chi connectivity index (χ0n) is 15.3. The van der Waals surface area contributed by atoms with Gasteiger partial charge >= 0.3 is 0 Å². The molecule has 1 fully saturated rings. The number of aromatic amines is 1. The number of carbonyl (C=O) groups is 1. The molecule has 1 saturated heterocycles. The lowest BCUT2D eigenvalue weighted by molar-refractivity contribution is 0.0905. The van der Waals surface area contributed by atoms with Crippen LogP contribution >= 0.6 is 11.6 Å². The van der Waals surface area contributed by atoms with E-state index in [-0.39, 0.29) is 18.6 Å². The van der Waals surface area contributed by atoms with Crippen molar-refractivity contribution in [3.63, 3.8) is 0 Å². The summed E-state index contributed by atoms with van der Waals surface area (Å²) >= 11 is 6.04. The van der Waals surface area contributed by atoms with E-state index in [4.69, 9.17) is 11.6 Å². The quantitative estimate of drug-likeness (QED) is 0.686. The summed E-state index contributed by atoms with van der Waals surface area (Å²) in [6.45, 7) is 1.72. The van der Waals surface area contributed by atoms with Gasteiger partial charge in [-0.1, -0.05) is 17.7 Å². The summed E-state index contributed by atoms with van der Waals surface area (Å²) in [4.78, 5) is 19.0. The summed E-state index contributed by atoms with van der Waals surface area (Å²) in [7, 11) is 0. The molecule has 3 aromatic rings. The number of piperidine rings is 1. The van der Waals surface area contributed by atoms with Gasteiger partial charge in [-0.3, -0.25) is 14.9 Å². The van der Waals surface area contributed by atoms with Gasteiger partial charge in [0.1, 0.15) is 6.67 Å². The number of halogens is 2. The SMILES string of the molecule is O=C(NC1CCN(CCF)CC1)c1n[nH]c2ccc(-c3cncc(Cl)c3)cc12. The van der Waals surface area contributed by atoms with E-state index in [1.807, 2.05) is 24.3 Å². The van der Waals surface area contributed by atoms with Crippen LogP contribution in [0.25, 0.3) is 22.0 Å². The first-order valence-corrected chi connectivity index (χ1v) is 9.70. The molecule has 0 aliphatic carbocycles. The maximum absolute atomic E-state index is 12.8. The van der Waals surface area contributed by atoms with Crippen LogP contribution in [0.1, 0.15) is 23.3 Å². The minimum Gasteiger partial charge on any atom is -0.348 e. The number of nitrogens with zero attached hydrogens (tertiary/aromatic N) is 3. The Morgan fingerprint density at radius 2 is 2.07 bits per heavy atom. The Morgan fingerprint density at radius 1 is 1.25 bits per heavy atom. The van der Waals surface area contributed by atoms with Gasteiger partial charge in [-0.05, 0) is 36.6 Å². The largest absolute Gasteiger partial charge is 0.348 e. The predicted molar refractivity (Wildman–Crippen MR) is 107 cm³/mol. The van der Waals surface area contributed by atoms with Crippen molar-refractivity contribution in [1.82, 2.24) is 25.4 Å². The summed E-state index contributed by atoms with van der Waals surface area (Å²) in [5, 5.41) is 11.5. The number of rotatable bonds is 5. The van der Waals surface area contributed by atoms with E-state index in [2.05, 4.69) is 25.4 Å². The van der Waals surface area contributed by atoms with E-state index < -0.39 is 0 Å². The Labute approximate surface area is 167 Å². The lowest BCUT2D eigenvalue weighted by atomic mass is 10.0. The molecule has 0 unspecified atom stereocenters. The molecule has 0 spiro atoms. The monoisotopic (exact) mass is 401 g/mol. The molecule has 0 bridgehead atoms. The van der Waals surface area contributed by atoms with Crippen molar-refractivity contribution in [3.05, 3.63) is 47.4 Å². The van der Waals surface area contributed by atoms with Gasteiger partial charge < -0.3 is 10.2 Å². The van der Waals surface area contributed by atoms with Crippen molar-refractivity contribution in [2.24, 2.45) is 0 Å². The molecule has 146 valence electrons. The fraction of sp³-hybridized carbons (Fsp3) is 0.350. The predicted octanol–water partition coefficient (Wildman–Crippen LogP) is 3.44. The van der Waals surface area contributed by atoms with Gasteiger partial charge in [0, 0.05) is 49.0 Å². The third-order valence-electron chi connectivity index (χ3n) is 5.14. The van der Waals surface area contributed by atoms with Crippen molar-refractivity contribution in [1.29, 1.82) is 0 Å². The molecular formula is C20H21ClFN5O. The van der Waals surface area contributed by atoms with E-state index in [9.17, 15) is 9.18 Å². The Hall–Kier alpha value is -2.51. The molecule has 1 amide bonds. The van der Waals surface area contributed by atoms with Crippen LogP contribution in [0.3, 0.4) is 0 Å². The number of fused-ring (bicyclic) bond motifs is 1. The number of pyridine rings is 1. The Bertz CT molecular complexity index is 984. The molecule has 1 aromatic carbocycles. The van der Waals surface area contributed by atoms with Crippen LogP contribution in [0, 0.1) is 0 Å². The number of hydrogen-bond donors (Lipinski definition) is 2. The Morgan fingerprint density at radius 3 is 2.82 bits per heavy atom. The summed E-state index contributed by atoms with van der Waals surface area (Å²) < 4.78 is 12.5. The summed E-state index contributed by atoms with van der Waals surface area (Å²) in [6, 6.07) is 7.67. The number of hydrogen-bond acceptors (Lipinski definition) is 4. The number of benzene rings is 1. The normalized spacial score (nSPS) is 15.8. The highest BCUT2D eigenvalue weighted by molar-refractivity contribution is 6.30. The van der Waals surface area contributed by atoms with Gasteiger partial charge in [0.2, 0.25) is 0 Å². The molecule has 0 atom stereocenters. The van der Waals surface area contributed by atoms with Gasteiger partial charge in [0.25, 0.3) is 5.91 Å².